The van der Waals surface area contributed by atoms with Crippen LogP contribution in [-0.4, -0.2) is 27.8 Å². The second-order valence-electron chi connectivity index (χ2n) is 4.80. The SMILES string of the molecule is CC(C)CNC(=O)CC1CSc2nccc(=O)n21. The Morgan fingerprint density at radius 2 is 2.44 bits per heavy atom. The standard InChI is InChI=1S/C12H17N3O2S/c1-8(2)6-14-10(16)5-9-7-18-12-13-4-3-11(17)15(9)12/h3-4,8-9H,5-7H2,1-2H3,(H,14,16). The molecule has 18 heavy (non-hydrogen) atoms. The van der Waals surface area contributed by atoms with Gasteiger partial charge in [0.05, 0.1) is 6.04 Å². The maximum absolute atomic E-state index is 11.8. The van der Waals surface area contributed by atoms with Gasteiger partial charge >= 0.3 is 0 Å². The minimum atomic E-state index is -0.0772. The fourth-order valence-electron chi connectivity index (χ4n) is 1.84. The highest BCUT2D eigenvalue weighted by molar-refractivity contribution is 7.99. The van der Waals surface area contributed by atoms with Gasteiger partial charge in [0.1, 0.15) is 0 Å². The van der Waals surface area contributed by atoms with Crippen LogP contribution in [0.3, 0.4) is 0 Å². The van der Waals surface area contributed by atoms with Crippen molar-refractivity contribution >= 4 is 17.7 Å². The first-order valence-corrected chi connectivity index (χ1v) is 7.03. The van der Waals surface area contributed by atoms with Crippen LogP contribution < -0.4 is 10.9 Å². The molecule has 6 heteroatoms. The third-order valence-electron chi connectivity index (χ3n) is 2.74. The number of thioether (sulfide) groups is 1. The fraction of sp³-hybridized carbons (Fsp3) is 0.583. The number of amides is 1. The lowest BCUT2D eigenvalue weighted by atomic mass is 10.2. The Morgan fingerprint density at radius 3 is 3.17 bits per heavy atom. The molecule has 0 saturated heterocycles. The molecule has 0 bridgehead atoms. The van der Waals surface area contributed by atoms with Gasteiger partial charge in [-0.2, -0.15) is 0 Å². The summed E-state index contributed by atoms with van der Waals surface area (Å²) in [5.41, 5.74) is -0.0772. The number of hydrogen-bond donors (Lipinski definition) is 1. The first kappa shape index (κ1) is 13.1. The van der Waals surface area contributed by atoms with E-state index in [1.807, 2.05) is 0 Å². The molecule has 1 aliphatic rings. The van der Waals surface area contributed by atoms with Crippen molar-refractivity contribution in [2.75, 3.05) is 12.3 Å². The van der Waals surface area contributed by atoms with Crippen molar-refractivity contribution in [3.8, 4) is 0 Å². The summed E-state index contributed by atoms with van der Waals surface area (Å²) in [6.07, 6.45) is 1.86. The van der Waals surface area contributed by atoms with Crippen LogP contribution in [-0.2, 0) is 4.79 Å². The fourth-order valence-corrected chi connectivity index (χ4v) is 2.97. The van der Waals surface area contributed by atoms with Crippen LogP contribution in [0.5, 0.6) is 0 Å². The van der Waals surface area contributed by atoms with E-state index < -0.39 is 0 Å². The molecule has 1 aromatic rings. The molecule has 0 saturated carbocycles. The van der Waals surface area contributed by atoms with E-state index in [4.69, 9.17) is 0 Å². The molecule has 0 aliphatic carbocycles. The second-order valence-corrected chi connectivity index (χ2v) is 5.79. The van der Waals surface area contributed by atoms with Crippen molar-refractivity contribution in [1.82, 2.24) is 14.9 Å². The van der Waals surface area contributed by atoms with Crippen LogP contribution in [0, 0.1) is 5.92 Å². The lowest BCUT2D eigenvalue weighted by Gasteiger charge is -2.13. The lowest BCUT2D eigenvalue weighted by molar-refractivity contribution is -0.121. The molecule has 98 valence electrons. The zero-order chi connectivity index (χ0) is 13.1. The molecule has 1 unspecified atom stereocenters. The highest BCUT2D eigenvalue weighted by Gasteiger charge is 2.26. The number of carbonyl (C=O) groups is 1. The van der Waals surface area contributed by atoms with E-state index in [1.165, 1.54) is 24.0 Å². The molecule has 1 amide bonds. The predicted octanol–water partition coefficient (Wildman–Crippen LogP) is 1.05. The van der Waals surface area contributed by atoms with Crippen LogP contribution in [0.4, 0.5) is 0 Å². The molecule has 1 N–H and O–H groups in total. The quantitative estimate of drug-likeness (QED) is 0.828. The molecule has 0 aromatic carbocycles. The number of carbonyl (C=O) groups excluding carboxylic acids is 1. The lowest BCUT2D eigenvalue weighted by Crippen LogP contribution is -2.32. The molecule has 0 spiro atoms. The topological polar surface area (TPSA) is 64.0 Å². The molecule has 5 nitrogen and oxygen atoms in total. The first-order valence-electron chi connectivity index (χ1n) is 6.05. The maximum Gasteiger partial charge on any atom is 0.254 e. The molecule has 0 radical (unpaired) electrons. The van der Waals surface area contributed by atoms with E-state index in [0.29, 0.717) is 24.0 Å². The number of hydrogen-bond acceptors (Lipinski definition) is 4. The van der Waals surface area contributed by atoms with Crippen LogP contribution in [0.1, 0.15) is 26.3 Å². The number of rotatable bonds is 4. The summed E-state index contributed by atoms with van der Waals surface area (Å²) in [4.78, 5) is 27.7. The van der Waals surface area contributed by atoms with Crippen LogP contribution in [0.25, 0.3) is 0 Å². The molecule has 1 aromatic heterocycles. The Kier molecular flexibility index (Phi) is 4.06. The van der Waals surface area contributed by atoms with Crippen molar-refractivity contribution in [3.63, 3.8) is 0 Å². The van der Waals surface area contributed by atoms with E-state index in [9.17, 15) is 9.59 Å². The van der Waals surface area contributed by atoms with Gasteiger partial charge in [0.25, 0.3) is 5.56 Å². The highest BCUT2D eigenvalue weighted by Crippen LogP contribution is 2.31. The van der Waals surface area contributed by atoms with Gasteiger partial charge in [0.2, 0.25) is 5.91 Å². The molecular formula is C12H17N3O2S. The largest absolute Gasteiger partial charge is 0.356 e. The molecule has 2 heterocycles. The summed E-state index contributed by atoms with van der Waals surface area (Å²) < 4.78 is 1.62. The highest BCUT2D eigenvalue weighted by atomic mass is 32.2. The molecular weight excluding hydrogens is 250 g/mol. The normalized spacial score (nSPS) is 17.8. The van der Waals surface area contributed by atoms with Gasteiger partial charge in [-0.3, -0.25) is 14.2 Å². The summed E-state index contributed by atoms with van der Waals surface area (Å²) in [6, 6.07) is 1.37. The Labute approximate surface area is 110 Å². The number of aromatic nitrogens is 2. The van der Waals surface area contributed by atoms with Gasteiger partial charge in [-0.15, -0.1) is 0 Å². The zero-order valence-electron chi connectivity index (χ0n) is 10.5. The number of nitrogens with one attached hydrogen (secondary N) is 1. The minimum absolute atomic E-state index is 0.00194. The monoisotopic (exact) mass is 267 g/mol. The van der Waals surface area contributed by atoms with Gasteiger partial charge in [-0.25, -0.2) is 4.98 Å². The molecule has 2 rings (SSSR count). The minimum Gasteiger partial charge on any atom is -0.356 e. The maximum atomic E-state index is 11.8. The van der Waals surface area contributed by atoms with Gasteiger partial charge < -0.3 is 5.32 Å². The van der Waals surface area contributed by atoms with E-state index in [1.54, 1.807) is 4.57 Å². The van der Waals surface area contributed by atoms with Crippen molar-refractivity contribution in [1.29, 1.82) is 0 Å². The Bertz CT molecular complexity index is 498. The summed E-state index contributed by atoms with van der Waals surface area (Å²) >= 11 is 1.53. The van der Waals surface area contributed by atoms with Gasteiger partial charge in [-0.05, 0) is 5.92 Å². The van der Waals surface area contributed by atoms with Crippen LogP contribution in [0.15, 0.2) is 22.2 Å². The third-order valence-corrected chi connectivity index (χ3v) is 3.86. The van der Waals surface area contributed by atoms with Crippen molar-refractivity contribution in [2.45, 2.75) is 31.5 Å². The number of fused-ring (bicyclic) bond motifs is 1. The van der Waals surface area contributed by atoms with Crippen LogP contribution >= 0.6 is 11.8 Å². The molecule has 1 atom stereocenters. The van der Waals surface area contributed by atoms with E-state index in [2.05, 4.69) is 24.1 Å². The van der Waals surface area contributed by atoms with Crippen molar-refractivity contribution in [3.05, 3.63) is 22.6 Å². The summed E-state index contributed by atoms with van der Waals surface area (Å²) in [7, 11) is 0. The number of nitrogens with zero attached hydrogens (tertiary/aromatic N) is 2. The summed E-state index contributed by atoms with van der Waals surface area (Å²) in [6.45, 7) is 4.78. The third kappa shape index (κ3) is 2.93. The van der Waals surface area contributed by atoms with Gasteiger partial charge in [0.15, 0.2) is 5.16 Å². The van der Waals surface area contributed by atoms with Gasteiger partial charge in [-0.1, -0.05) is 25.6 Å². The molecule has 0 fully saturated rings. The summed E-state index contributed by atoms with van der Waals surface area (Å²) in [5, 5.41) is 3.59. The van der Waals surface area contributed by atoms with Crippen LogP contribution in [0.2, 0.25) is 0 Å². The first-order chi connectivity index (χ1) is 8.58. The molecule has 1 aliphatic heterocycles. The van der Waals surface area contributed by atoms with E-state index in [-0.39, 0.29) is 17.5 Å². The second kappa shape index (κ2) is 5.56. The zero-order valence-corrected chi connectivity index (χ0v) is 11.4. The Morgan fingerprint density at radius 1 is 1.67 bits per heavy atom. The van der Waals surface area contributed by atoms with E-state index >= 15 is 0 Å². The smallest absolute Gasteiger partial charge is 0.254 e. The summed E-state index contributed by atoms with van der Waals surface area (Å²) in [5.74, 6) is 1.17. The Hall–Kier alpha value is -1.30. The Balaban J connectivity index is 2.02. The predicted molar refractivity (Wildman–Crippen MR) is 70.7 cm³/mol. The average molecular weight is 267 g/mol. The van der Waals surface area contributed by atoms with Crippen molar-refractivity contribution in [2.24, 2.45) is 5.92 Å². The van der Waals surface area contributed by atoms with E-state index in [0.717, 1.165) is 5.75 Å². The average Bonchev–Trinajstić information content (AvgIpc) is 2.71. The van der Waals surface area contributed by atoms with Gasteiger partial charge in [0, 0.05) is 31.0 Å². The van der Waals surface area contributed by atoms with Crippen molar-refractivity contribution < 1.29 is 4.79 Å².